The highest BCUT2D eigenvalue weighted by Crippen LogP contribution is 2.35. The Labute approximate surface area is 176 Å². The second-order valence-corrected chi connectivity index (χ2v) is 7.49. The molecule has 29 heavy (non-hydrogen) atoms. The number of ketones is 2. The van der Waals surface area contributed by atoms with Gasteiger partial charge >= 0.3 is 0 Å². The van der Waals surface area contributed by atoms with Gasteiger partial charge in [0.2, 0.25) is 0 Å². The summed E-state index contributed by atoms with van der Waals surface area (Å²) in [5.74, 6) is -0.144. The van der Waals surface area contributed by atoms with Gasteiger partial charge in [0.25, 0.3) is 0 Å². The zero-order valence-electron chi connectivity index (χ0n) is 15.1. The van der Waals surface area contributed by atoms with Gasteiger partial charge in [0, 0.05) is 35.0 Å². The van der Waals surface area contributed by atoms with Crippen LogP contribution < -0.4 is 4.74 Å². The van der Waals surface area contributed by atoms with Crippen LogP contribution in [0.4, 0.5) is 0 Å². The molecule has 1 aromatic heterocycles. The van der Waals surface area contributed by atoms with Crippen molar-refractivity contribution in [2.75, 3.05) is 0 Å². The smallest absolute Gasteiger partial charge is 0.200 e. The lowest BCUT2D eigenvalue weighted by Gasteiger charge is -2.15. The first-order valence-electron chi connectivity index (χ1n) is 8.96. The van der Waals surface area contributed by atoms with Gasteiger partial charge in [0.05, 0.1) is 10.5 Å². The maximum Gasteiger partial charge on any atom is 0.200 e. The van der Waals surface area contributed by atoms with Crippen LogP contribution in [0.1, 0.15) is 29.6 Å². The van der Waals surface area contributed by atoms with E-state index < -0.39 is 5.78 Å². The van der Waals surface area contributed by atoms with E-state index in [1.807, 2.05) is 0 Å². The van der Waals surface area contributed by atoms with Gasteiger partial charge in [-0.25, -0.2) is 0 Å². The molecular formula is C22H15Cl2NO4. The molecule has 0 amide bonds. The fourth-order valence-electron chi connectivity index (χ4n) is 3.26. The molecule has 2 aromatic carbocycles. The number of ether oxygens (including phenoxy) is 1. The molecule has 0 radical (unpaired) electrons. The highest BCUT2D eigenvalue weighted by Gasteiger charge is 2.27. The summed E-state index contributed by atoms with van der Waals surface area (Å²) in [5.41, 5.74) is 0.745. The van der Waals surface area contributed by atoms with Gasteiger partial charge in [-0.05, 0) is 48.9 Å². The van der Waals surface area contributed by atoms with Gasteiger partial charge in [0.1, 0.15) is 22.8 Å². The third-order valence-electron chi connectivity index (χ3n) is 4.69. The number of aliphatic hydroxyl groups excluding tert-OH is 1. The molecule has 0 saturated heterocycles. The molecule has 7 heteroatoms. The standard InChI is InChI=1S/C22H15Cl2NO4/c23-13-5-7-20(15(24)11-13)29-19-8-9-25-16-6-4-12(10-14(16)19)22(28)21-17(26)2-1-3-18(21)27/h4-11,26H,1-3H2. The lowest BCUT2D eigenvalue weighted by atomic mass is 9.90. The topological polar surface area (TPSA) is 76.5 Å². The fourth-order valence-corrected chi connectivity index (χ4v) is 3.70. The first-order valence-corrected chi connectivity index (χ1v) is 9.71. The van der Waals surface area contributed by atoms with E-state index in [4.69, 9.17) is 27.9 Å². The van der Waals surface area contributed by atoms with Crippen LogP contribution in [-0.4, -0.2) is 21.7 Å². The Kier molecular flexibility index (Phi) is 5.26. The summed E-state index contributed by atoms with van der Waals surface area (Å²) in [5, 5.41) is 11.5. The van der Waals surface area contributed by atoms with Crippen molar-refractivity contribution in [1.82, 2.24) is 4.98 Å². The summed E-state index contributed by atoms with van der Waals surface area (Å²) in [4.78, 5) is 29.3. The van der Waals surface area contributed by atoms with Crippen LogP contribution in [0.15, 0.2) is 60.0 Å². The number of carbonyl (C=O) groups excluding carboxylic acids is 2. The van der Waals surface area contributed by atoms with Crippen LogP contribution in [0.3, 0.4) is 0 Å². The SMILES string of the molecule is O=C1CCCC(O)=C1C(=O)c1ccc2nccc(Oc3ccc(Cl)cc3Cl)c2c1. The van der Waals surface area contributed by atoms with E-state index in [9.17, 15) is 14.7 Å². The predicted molar refractivity (Wildman–Crippen MR) is 111 cm³/mol. The molecule has 0 fully saturated rings. The highest BCUT2D eigenvalue weighted by atomic mass is 35.5. The second kappa shape index (κ2) is 7.85. The number of fused-ring (bicyclic) bond motifs is 1. The Morgan fingerprint density at radius 1 is 1.03 bits per heavy atom. The molecule has 4 rings (SSSR count). The molecule has 146 valence electrons. The van der Waals surface area contributed by atoms with Crippen molar-refractivity contribution in [3.05, 3.63) is 75.6 Å². The fraction of sp³-hybridized carbons (Fsp3) is 0.136. The number of hydrogen-bond donors (Lipinski definition) is 1. The summed E-state index contributed by atoms with van der Waals surface area (Å²) in [6.07, 6.45) is 2.71. The van der Waals surface area contributed by atoms with Crippen molar-refractivity contribution in [1.29, 1.82) is 0 Å². The molecule has 0 spiro atoms. The van der Waals surface area contributed by atoms with Gasteiger partial charge in [-0.1, -0.05) is 23.2 Å². The number of carbonyl (C=O) groups is 2. The maximum atomic E-state index is 12.9. The maximum absolute atomic E-state index is 12.9. The van der Waals surface area contributed by atoms with Crippen LogP contribution in [0.2, 0.25) is 10.0 Å². The van der Waals surface area contributed by atoms with Crippen LogP contribution in [0.5, 0.6) is 11.5 Å². The molecule has 1 heterocycles. The van der Waals surface area contributed by atoms with Crippen molar-refractivity contribution in [3.63, 3.8) is 0 Å². The molecule has 0 saturated carbocycles. The average molecular weight is 428 g/mol. The second-order valence-electron chi connectivity index (χ2n) is 6.65. The van der Waals surface area contributed by atoms with Gasteiger partial charge in [-0.3, -0.25) is 14.6 Å². The Hall–Kier alpha value is -2.89. The third kappa shape index (κ3) is 3.84. The number of benzene rings is 2. The van der Waals surface area contributed by atoms with Gasteiger partial charge in [-0.15, -0.1) is 0 Å². The number of pyridine rings is 1. The molecule has 1 aliphatic carbocycles. The van der Waals surface area contributed by atoms with Gasteiger partial charge in [0.15, 0.2) is 11.6 Å². The number of Topliss-reactive ketones (excluding diaryl/α,β-unsaturated/α-hetero) is 2. The Bertz CT molecular complexity index is 1190. The molecule has 3 aromatic rings. The summed E-state index contributed by atoms with van der Waals surface area (Å²) in [6.45, 7) is 0. The van der Waals surface area contributed by atoms with Crippen molar-refractivity contribution in [2.24, 2.45) is 0 Å². The molecule has 0 unspecified atom stereocenters. The van der Waals surface area contributed by atoms with Crippen molar-refractivity contribution < 1.29 is 19.4 Å². The lowest BCUT2D eigenvalue weighted by Crippen LogP contribution is -2.19. The molecule has 0 atom stereocenters. The van der Waals surface area contributed by atoms with E-state index in [1.165, 1.54) is 0 Å². The number of aliphatic hydroxyl groups is 1. The third-order valence-corrected chi connectivity index (χ3v) is 5.22. The van der Waals surface area contributed by atoms with E-state index >= 15 is 0 Å². The van der Waals surface area contributed by atoms with Crippen LogP contribution >= 0.6 is 23.2 Å². The quantitative estimate of drug-likeness (QED) is 0.403. The van der Waals surface area contributed by atoms with E-state index in [2.05, 4.69) is 4.98 Å². The Balaban J connectivity index is 1.76. The van der Waals surface area contributed by atoms with E-state index in [0.717, 1.165) is 0 Å². The minimum atomic E-state index is -0.506. The van der Waals surface area contributed by atoms with Gasteiger partial charge < -0.3 is 9.84 Å². The van der Waals surface area contributed by atoms with E-state index in [1.54, 1.807) is 48.7 Å². The first kappa shape index (κ1) is 19.4. The zero-order chi connectivity index (χ0) is 20.5. The number of hydrogen-bond acceptors (Lipinski definition) is 5. The number of nitrogens with zero attached hydrogens (tertiary/aromatic N) is 1. The zero-order valence-corrected chi connectivity index (χ0v) is 16.6. The normalized spacial score (nSPS) is 14.3. The Morgan fingerprint density at radius 3 is 2.62 bits per heavy atom. The molecule has 1 aliphatic rings. The number of halogens is 2. The van der Waals surface area contributed by atoms with Crippen molar-refractivity contribution >= 4 is 45.7 Å². The van der Waals surface area contributed by atoms with Crippen molar-refractivity contribution in [3.8, 4) is 11.5 Å². The van der Waals surface area contributed by atoms with E-state index in [0.29, 0.717) is 45.3 Å². The van der Waals surface area contributed by atoms with Crippen molar-refractivity contribution in [2.45, 2.75) is 19.3 Å². The van der Waals surface area contributed by atoms with Crippen LogP contribution in [-0.2, 0) is 4.79 Å². The molecule has 5 nitrogen and oxygen atoms in total. The number of aromatic nitrogens is 1. The van der Waals surface area contributed by atoms with Crippen LogP contribution in [0.25, 0.3) is 10.9 Å². The largest absolute Gasteiger partial charge is 0.511 e. The summed E-state index contributed by atoms with van der Waals surface area (Å²) < 4.78 is 5.93. The Morgan fingerprint density at radius 2 is 1.86 bits per heavy atom. The number of rotatable bonds is 4. The summed E-state index contributed by atoms with van der Waals surface area (Å²) >= 11 is 12.1. The molecule has 0 aliphatic heterocycles. The summed E-state index contributed by atoms with van der Waals surface area (Å²) in [7, 11) is 0. The predicted octanol–water partition coefficient (Wildman–Crippen LogP) is 6.08. The minimum Gasteiger partial charge on any atom is -0.511 e. The molecular weight excluding hydrogens is 413 g/mol. The van der Waals surface area contributed by atoms with Crippen LogP contribution in [0, 0.1) is 0 Å². The first-order chi connectivity index (χ1) is 13.9. The van der Waals surface area contributed by atoms with Gasteiger partial charge in [-0.2, -0.15) is 0 Å². The minimum absolute atomic E-state index is 0.136. The summed E-state index contributed by atoms with van der Waals surface area (Å²) in [6, 6.07) is 11.4. The van der Waals surface area contributed by atoms with E-state index in [-0.39, 0.29) is 29.1 Å². The average Bonchev–Trinajstić information content (AvgIpc) is 2.69. The monoisotopic (exact) mass is 427 g/mol. The molecule has 0 bridgehead atoms. The number of allylic oxidation sites excluding steroid dienone is 2. The lowest BCUT2D eigenvalue weighted by molar-refractivity contribution is -0.116. The molecule has 1 N–H and O–H groups in total. The highest BCUT2D eigenvalue weighted by molar-refractivity contribution is 6.35.